The number of piperidine rings is 1. The zero-order valence-corrected chi connectivity index (χ0v) is 13.2. The summed E-state index contributed by atoms with van der Waals surface area (Å²) in [4.78, 5) is 14.3. The van der Waals surface area contributed by atoms with Crippen LogP contribution in [-0.2, 0) is 4.79 Å². The van der Waals surface area contributed by atoms with Gasteiger partial charge in [-0.05, 0) is 31.2 Å². The Morgan fingerprint density at radius 2 is 1.85 bits per heavy atom. The summed E-state index contributed by atoms with van der Waals surface area (Å²) in [6, 6.07) is 7.41. The molecular weight excluding hydrogens is 272 g/mol. The number of benzene rings is 1. The van der Waals surface area contributed by atoms with E-state index in [0.717, 1.165) is 37.4 Å². The van der Waals surface area contributed by atoms with Gasteiger partial charge in [0.2, 0.25) is 5.91 Å². The predicted molar refractivity (Wildman–Crippen MR) is 85.0 cm³/mol. The third-order valence-electron chi connectivity index (χ3n) is 4.21. The summed E-state index contributed by atoms with van der Waals surface area (Å²) in [6.45, 7) is 5.97. The van der Waals surface area contributed by atoms with E-state index in [9.17, 15) is 4.79 Å². The molecule has 0 bridgehead atoms. The molecule has 0 spiro atoms. The zero-order chi connectivity index (χ0) is 13.8. The first-order chi connectivity index (χ1) is 9.11. The van der Waals surface area contributed by atoms with Crippen LogP contribution in [-0.4, -0.2) is 23.9 Å². The Morgan fingerprint density at radius 1 is 1.30 bits per heavy atom. The molecule has 112 valence electrons. The highest BCUT2D eigenvalue weighted by Crippen LogP contribution is 2.22. The van der Waals surface area contributed by atoms with Crippen molar-refractivity contribution in [1.29, 1.82) is 0 Å². The normalized spacial score (nSPS) is 17.4. The number of halogens is 1. The lowest BCUT2D eigenvalue weighted by atomic mass is 9.93. The number of carbonyl (C=O) groups excluding carboxylic acids is 1. The van der Waals surface area contributed by atoms with Gasteiger partial charge in [0.05, 0.1) is 0 Å². The van der Waals surface area contributed by atoms with Crippen LogP contribution < -0.4 is 5.73 Å². The van der Waals surface area contributed by atoms with Crippen molar-refractivity contribution in [3.05, 3.63) is 35.4 Å². The molecule has 0 aromatic heterocycles. The molecule has 1 aliphatic heterocycles. The molecule has 1 unspecified atom stereocenters. The van der Waals surface area contributed by atoms with E-state index in [0.29, 0.717) is 0 Å². The second-order valence-electron chi connectivity index (χ2n) is 5.57. The van der Waals surface area contributed by atoms with Crippen LogP contribution in [0.3, 0.4) is 0 Å². The maximum atomic E-state index is 12.4. The van der Waals surface area contributed by atoms with Crippen LogP contribution in [0.2, 0.25) is 0 Å². The average Bonchev–Trinajstić information content (AvgIpc) is 2.46. The molecule has 1 heterocycles. The Kier molecular flexibility index (Phi) is 6.50. The molecule has 2 N–H and O–H groups in total. The van der Waals surface area contributed by atoms with Gasteiger partial charge in [-0.15, -0.1) is 12.4 Å². The van der Waals surface area contributed by atoms with E-state index < -0.39 is 6.04 Å². The molecule has 20 heavy (non-hydrogen) atoms. The molecule has 0 saturated carbocycles. The summed E-state index contributed by atoms with van der Waals surface area (Å²) in [5.74, 6) is 0.845. The molecule has 1 aromatic rings. The summed E-state index contributed by atoms with van der Waals surface area (Å²) >= 11 is 0. The fourth-order valence-electron chi connectivity index (χ4n) is 2.67. The van der Waals surface area contributed by atoms with E-state index in [-0.39, 0.29) is 18.3 Å². The number of likely N-dealkylation sites (tertiary alicyclic amines) is 1. The lowest BCUT2D eigenvalue weighted by Crippen LogP contribution is -2.43. The summed E-state index contributed by atoms with van der Waals surface area (Å²) in [7, 11) is 0. The molecule has 1 amide bonds. The van der Waals surface area contributed by atoms with Gasteiger partial charge in [0.15, 0.2) is 0 Å². The van der Waals surface area contributed by atoms with Gasteiger partial charge in [0.1, 0.15) is 6.04 Å². The number of rotatable bonds is 3. The maximum absolute atomic E-state index is 12.4. The monoisotopic (exact) mass is 296 g/mol. The Morgan fingerprint density at radius 3 is 2.35 bits per heavy atom. The summed E-state index contributed by atoms with van der Waals surface area (Å²) < 4.78 is 0. The first-order valence-corrected chi connectivity index (χ1v) is 7.22. The smallest absolute Gasteiger partial charge is 0.244 e. The van der Waals surface area contributed by atoms with Crippen LogP contribution >= 0.6 is 12.4 Å². The van der Waals surface area contributed by atoms with Gasteiger partial charge in [-0.1, -0.05) is 43.2 Å². The van der Waals surface area contributed by atoms with Crippen molar-refractivity contribution in [1.82, 2.24) is 4.90 Å². The van der Waals surface area contributed by atoms with Crippen LogP contribution in [0.25, 0.3) is 0 Å². The van der Waals surface area contributed by atoms with Crippen molar-refractivity contribution in [2.24, 2.45) is 11.7 Å². The number of nitrogens with two attached hydrogens (primary N) is 1. The maximum Gasteiger partial charge on any atom is 0.244 e. The SMILES string of the molecule is CCC1CCN(C(=O)C(N)c2ccc(C)cc2)CC1.Cl. The van der Waals surface area contributed by atoms with Gasteiger partial charge < -0.3 is 10.6 Å². The summed E-state index contributed by atoms with van der Waals surface area (Å²) in [5, 5.41) is 0. The molecule has 1 fully saturated rings. The number of aryl methyl sites for hydroxylation is 1. The number of carbonyl (C=O) groups is 1. The molecule has 2 rings (SSSR count). The van der Waals surface area contributed by atoms with Crippen LogP contribution in [0.15, 0.2) is 24.3 Å². The summed E-state index contributed by atoms with van der Waals surface area (Å²) in [6.07, 6.45) is 3.44. The standard InChI is InChI=1S/C16H24N2O.ClH/c1-3-13-8-10-18(11-9-13)16(19)15(17)14-6-4-12(2)5-7-14;/h4-7,13,15H,3,8-11,17H2,1-2H3;1H. The minimum atomic E-state index is -0.515. The largest absolute Gasteiger partial charge is 0.341 e. The van der Waals surface area contributed by atoms with Crippen LogP contribution in [0.5, 0.6) is 0 Å². The molecule has 1 saturated heterocycles. The van der Waals surface area contributed by atoms with Crippen LogP contribution in [0.4, 0.5) is 0 Å². The molecule has 0 aliphatic carbocycles. The molecule has 1 aliphatic rings. The Labute approximate surface area is 127 Å². The summed E-state index contributed by atoms with van der Waals surface area (Å²) in [5.41, 5.74) is 8.19. The zero-order valence-electron chi connectivity index (χ0n) is 12.3. The van der Waals surface area contributed by atoms with Crippen LogP contribution in [0, 0.1) is 12.8 Å². The Balaban J connectivity index is 0.00000200. The van der Waals surface area contributed by atoms with E-state index in [1.807, 2.05) is 36.1 Å². The van der Waals surface area contributed by atoms with Gasteiger partial charge >= 0.3 is 0 Å². The number of amides is 1. The van der Waals surface area contributed by atoms with E-state index in [4.69, 9.17) is 5.73 Å². The molecule has 0 radical (unpaired) electrons. The van der Waals surface area contributed by atoms with Gasteiger partial charge in [0, 0.05) is 13.1 Å². The highest BCUT2D eigenvalue weighted by atomic mass is 35.5. The highest BCUT2D eigenvalue weighted by molar-refractivity contribution is 5.85. The fourth-order valence-corrected chi connectivity index (χ4v) is 2.67. The predicted octanol–water partition coefficient (Wildman–Crippen LogP) is 3.07. The molecule has 1 aromatic carbocycles. The Hall–Kier alpha value is -1.06. The van der Waals surface area contributed by atoms with E-state index in [1.165, 1.54) is 12.0 Å². The van der Waals surface area contributed by atoms with E-state index in [2.05, 4.69) is 6.92 Å². The lowest BCUT2D eigenvalue weighted by molar-refractivity contribution is -0.134. The van der Waals surface area contributed by atoms with Crippen molar-refractivity contribution in [2.75, 3.05) is 13.1 Å². The minimum absolute atomic E-state index is 0. The third kappa shape index (κ3) is 3.97. The fraction of sp³-hybridized carbons (Fsp3) is 0.562. The number of nitrogens with zero attached hydrogens (tertiary/aromatic N) is 1. The van der Waals surface area contributed by atoms with Gasteiger partial charge in [-0.25, -0.2) is 0 Å². The second kappa shape index (κ2) is 7.65. The second-order valence-corrected chi connectivity index (χ2v) is 5.57. The number of hydrogen-bond acceptors (Lipinski definition) is 2. The van der Waals surface area contributed by atoms with Crippen molar-refractivity contribution in [2.45, 2.75) is 39.2 Å². The lowest BCUT2D eigenvalue weighted by Gasteiger charge is -2.33. The first-order valence-electron chi connectivity index (χ1n) is 7.22. The Bertz CT molecular complexity index is 425. The third-order valence-corrected chi connectivity index (χ3v) is 4.21. The van der Waals surface area contributed by atoms with E-state index in [1.54, 1.807) is 0 Å². The molecule has 1 atom stereocenters. The van der Waals surface area contributed by atoms with Crippen LogP contribution in [0.1, 0.15) is 43.4 Å². The minimum Gasteiger partial charge on any atom is -0.341 e. The van der Waals surface area contributed by atoms with E-state index >= 15 is 0 Å². The quantitative estimate of drug-likeness (QED) is 0.932. The first kappa shape index (κ1) is 17.0. The van der Waals surface area contributed by atoms with Crippen molar-refractivity contribution < 1.29 is 4.79 Å². The van der Waals surface area contributed by atoms with Gasteiger partial charge in [0.25, 0.3) is 0 Å². The van der Waals surface area contributed by atoms with Gasteiger partial charge in [-0.2, -0.15) is 0 Å². The number of hydrogen-bond donors (Lipinski definition) is 1. The molecule has 3 nitrogen and oxygen atoms in total. The molecular formula is C16H25ClN2O. The highest BCUT2D eigenvalue weighted by Gasteiger charge is 2.26. The van der Waals surface area contributed by atoms with Crippen molar-refractivity contribution in [3.8, 4) is 0 Å². The topological polar surface area (TPSA) is 46.3 Å². The average molecular weight is 297 g/mol. The van der Waals surface area contributed by atoms with Gasteiger partial charge in [-0.3, -0.25) is 4.79 Å². The van der Waals surface area contributed by atoms with Crippen molar-refractivity contribution in [3.63, 3.8) is 0 Å². The molecule has 4 heteroatoms. The van der Waals surface area contributed by atoms with Crippen molar-refractivity contribution >= 4 is 18.3 Å².